The number of hydrogen-bond acceptors (Lipinski definition) is 15. The normalized spacial score (nSPS) is 23.6. The van der Waals surface area contributed by atoms with Crippen LogP contribution in [-0.2, 0) is 29.9 Å². The zero-order valence-electron chi connectivity index (χ0n) is 48.4. The lowest BCUT2D eigenvalue weighted by molar-refractivity contribution is -0.159. The number of carbonyl (C=O) groups is 5. The second-order valence-electron chi connectivity index (χ2n) is 24.9. The van der Waals surface area contributed by atoms with Gasteiger partial charge in [0.05, 0.1) is 6.07 Å². The predicted octanol–water partition coefficient (Wildman–Crippen LogP) is 11.2. The number of amides is 5. The number of ether oxygens (including phenoxy) is 4. The number of nitrogens with zero attached hydrogens (tertiary/aromatic N) is 4. The Morgan fingerprint density at radius 2 is 0.873 bits per heavy atom. The van der Waals surface area contributed by atoms with Crippen molar-refractivity contribution in [1.82, 2.24) is 31.4 Å². The number of rotatable bonds is 11. The second kappa shape index (κ2) is 33.1. The van der Waals surface area contributed by atoms with Gasteiger partial charge in [-0.05, 0) is 209 Å². The van der Waals surface area contributed by atoms with E-state index in [0.717, 1.165) is 89.9 Å². The van der Waals surface area contributed by atoms with Gasteiger partial charge in [-0.2, -0.15) is 23.4 Å². The van der Waals surface area contributed by atoms with Gasteiger partial charge >= 0.3 is 36.4 Å². The maximum atomic E-state index is 12.5. The van der Waals surface area contributed by atoms with Crippen molar-refractivity contribution in [2.24, 2.45) is 58.0 Å². The van der Waals surface area contributed by atoms with E-state index in [1.165, 1.54) is 0 Å². The minimum Gasteiger partial charge on any atom is -0.444 e. The molecule has 0 radical (unpaired) electrons. The minimum atomic E-state index is -4.61. The quantitative estimate of drug-likeness (QED) is 0.0356. The Morgan fingerprint density at radius 3 is 1.14 bits per heavy atom. The van der Waals surface area contributed by atoms with Crippen LogP contribution < -0.4 is 32.7 Å². The van der Waals surface area contributed by atoms with E-state index in [4.69, 9.17) is 40.9 Å². The van der Waals surface area contributed by atoms with Crippen molar-refractivity contribution in [1.29, 1.82) is 5.26 Å². The number of oxime groups is 1. The number of nitrogens with two attached hydrogens (primary N) is 2. The Kier molecular flexibility index (Phi) is 29.9. The summed E-state index contributed by atoms with van der Waals surface area (Å²) < 4.78 is 62.4. The number of nitriles is 1. The van der Waals surface area contributed by atoms with Gasteiger partial charge in [0.15, 0.2) is 5.82 Å². The van der Waals surface area contributed by atoms with Gasteiger partial charge < -0.3 is 61.4 Å². The summed E-state index contributed by atoms with van der Waals surface area (Å²) >= 11 is 0. The van der Waals surface area contributed by atoms with Gasteiger partial charge in [-0.15, -0.1) is 0 Å². The summed E-state index contributed by atoms with van der Waals surface area (Å²) in [4.78, 5) is 60.5. The number of amidine groups is 1. The van der Waals surface area contributed by atoms with Crippen LogP contribution in [0.2, 0.25) is 0 Å². The fourth-order valence-corrected chi connectivity index (χ4v) is 9.20. The van der Waals surface area contributed by atoms with Crippen molar-refractivity contribution in [3.8, 4) is 6.07 Å². The summed E-state index contributed by atoms with van der Waals surface area (Å²) in [5.74, 6) is 0.818. The second-order valence-corrected chi connectivity index (χ2v) is 24.9. The highest BCUT2D eigenvalue weighted by Crippen LogP contribution is 2.36. The van der Waals surface area contributed by atoms with Crippen LogP contribution in [0.15, 0.2) is 9.68 Å². The topological polar surface area (TPSA) is 318 Å². The smallest absolute Gasteiger partial charge is 0.444 e. The molecule has 0 bridgehead atoms. The highest BCUT2D eigenvalue weighted by Gasteiger charge is 2.40. The average Bonchev–Trinajstić information content (AvgIpc) is 3.85. The molecule has 1 aromatic rings. The van der Waals surface area contributed by atoms with Gasteiger partial charge in [-0.3, -0.25) is 4.79 Å². The summed E-state index contributed by atoms with van der Waals surface area (Å²) in [6.45, 7) is 24.3. The molecule has 0 unspecified atom stereocenters. The molecule has 0 atom stereocenters. The molecule has 0 spiro atoms. The van der Waals surface area contributed by atoms with Gasteiger partial charge in [0.1, 0.15) is 28.2 Å². The highest BCUT2D eigenvalue weighted by atomic mass is 19.4. The Hall–Kier alpha value is -5.76. The van der Waals surface area contributed by atoms with Crippen molar-refractivity contribution >= 4 is 36.1 Å². The lowest BCUT2D eigenvalue weighted by Gasteiger charge is -2.28. The molecule has 5 amide bonds. The van der Waals surface area contributed by atoms with E-state index in [-0.39, 0.29) is 67.0 Å². The number of nitrogens with one attached hydrogen (secondary N) is 4. The molecule has 79 heavy (non-hydrogen) atoms. The molecular weight excluding hydrogens is 1030 g/mol. The molecule has 4 saturated carbocycles. The molecule has 0 aliphatic heterocycles. The summed E-state index contributed by atoms with van der Waals surface area (Å²) in [5, 5.41) is 35.0. The van der Waals surface area contributed by atoms with Gasteiger partial charge in [-0.25, -0.2) is 19.2 Å². The molecule has 9 N–H and O–H groups in total. The number of primary amides is 1. The highest BCUT2D eigenvalue weighted by molar-refractivity contribution is 5.82. The van der Waals surface area contributed by atoms with Gasteiger partial charge in [-0.1, -0.05) is 17.7 Å². The molecule has 0 saturated heterocycles. The van der Waals surface area contributed by atoms with Gasteiger partial charge in [0, 0.05) is 49.9 Å². The number of hydrogen-bond donors (Lipinski definition) is 7. The first-order valence-corrected chi connectivity index (χ1v) is 27.5. The van der Waals surface area contributed by atoms with E-state index in [0.29, 0.717) is 62.6 Å². The lowest BCUT2D eigenvalue weighted by atomic mass is 9.81. The molecule has 1 heterocycles. The molecule has 5 rings (SSSR count). The first kappa shape index (κ1) is 71.3. The Balaban J connectivity index is 0.000000529. The molecule has 24 heteroatoms. The third-order valence-electron chi connectivity index (χ3n) is 13.3. The van der Waals surface area contributed by atoms with E-state index in [1.54, 1.807) is 20.8 Å². The van der Waals surface area contributed by atoms with E-state index in [1.807, 2.05) is 62.3 Å². The number of halogens is 3. The van der Waals surface area contributed by atoms with Crippen LogP contribution in [0.1, 0.15) is 211 Å². The van der Waals surface area contributed by atoms with Crippen molar-refractivity contribution in [3.63, 3.8) is 0 Å². The largest absolute Gasteiger partial charge is 0.471 e. The standard InChI is InChI=1S/C15H22F3N3O3.C13H25N3O3.C13H24N2O3.C13H22N2O2.CH4/c1-14(2,3)23-13(22)19-8-9-4-6-10(7-5-9)11-20-12(24-21-11)15(16,17)18;1-13(2,3)19-12(17)15-8-9-4-6-10(7-5-9)11(14)16-18;1-13(2,3)18-12(17)15-8-9-4-6-10(7-5-9)11(14)16;1-13(2,3)17-12(16)15-9-11-6-4-10(8-14)5-7-11;/h9-10H,4-8H2,1-3H3,(H,19,22);9-10,18H,4-8H2,1-3H3,(H2,14,16)(H,15,17);9-10H,4-8H2,1-3H3,(H2,14,16)(H,15,17);10-11H,4-7,9H2,1-3H3,(H,15,16);1H4. The van der Waals surface area contributed by atoms with Crippen LogP contribution in [0.3, 0.4) is 0 Å². The molecule has 0 aromatic carbocycles. The zero-order valence-corrected chi connectivity index (χ0v) is 48.4. The van der Waals surface area contributed by atoms with E-state index in [2.05, 4.69) is 47.2 Å². The van der Waals surface area contributed by atoms with Crippen LogP contribution in [0, 0.1) is 52.8 Å². The first-order chi connectivity index (χ1) is 36.0. The summed E-state index contributed by atoms with van der Waals surface area (Å²) in [6.07, 6.45) is 7.93. The lowest BCUT2D eigenvalue weighted by Crippen LogP contribution is -2.37. The monoisotopic (exact) mass is 1130 g/mol. The van der Waals surface area contributed by atoms with E-state index >= 15 is 0 Å². The van der Waals surface area contributed by atoms with Crippen molar-refractivity contribution in [2.75, 3.05) is 26.2 Å². The number of aromatic nitrogens is 2. The average molecular weight is 1130 g/mol. The predicted molar refractivity (Wildman–Crippen MR) is 292 cm³/mol. The molecule has 1 aromatic heterocycles. The molecule has 4 aliphatic rings. The van der Waals surface area contributed by atoms with Crippen LogP contribution in [0.5, 0.6) is 0 Å². The fraction of sp³-hybridized carbons (Fsp3) is 0.836. The summed E-state index contributed by atoms with van der Waals surface area (Å²) in [6, 6.07) is 2.31. The third-order valence-corrected chi connectivity index (χ3v) is 13.3. The van der Waals surface area contributed by atoms with Crippen LogP contribution in [0.4, 0.5) is 32.3 Å². The van der Waals surface area contributed by atoms with Crippen LogP contribution in [-0.4, -0.2) is 100 Å². The minimum absolute atomic E-state index is 0. The van der Waals surface area contributed by atoms with Crippen molar-refractivity contribution in [2.45, 2.75) is 228 Å². The molecule has 21 nitrogen and oxygen atoms in total. The van der Waals surface area contributed by atoms with Crippen molar-refractivity contribution < 1.29 is 65.8 Å². The maximum Gasteiger partial charge on any atom is 0.471 e. The maximum absolute atomic E-state index is 12.5. The van der Waals surface area contributed by atoms with Crippen molar-refractivity contribution in [3.05, 3.63) is 11.7 Å². The number of alkyl halides is 3. The third kappa shape index (κ3) is 32.2. The van der Waals surface area contributed by atoms with E-state index in [9.17, 15) is 37.1 Å². The molecule has 4 aliphatic carbocycles. The summed E-state index contributed by atoms with van der Waals surface area (Å²) in [5.41, 5.74) is 8.95. The SMILES string of the molecule is C.CC(C)(C)OC(=O)NCC1CCC(/C(N)=N/O)CC1.CC(C)(C)OC(=O)NCC1CCC(C#N)CC1.CC(C)(C)OC(=O)NCC1CCC(C(N)=O)CC1.CC(C)(C)OC(=O)NCC1CCC(c2noc(C(F)(F)F)n2)CC1. The molecular formula is C55H97F3N10O11. The number of carbonyl (C=O) groups excluding carboxylic acids is 5. The molecule has 4 fully saturated rings. The van der Waals surface area contributed by atoms with Gasteiger partial charge in [0.25, 0.3) is 0 Å². The number of alkyl carbamates (subject to hydrolysis) is 4. The van der Waals surface area contributed by atoms with Crippen LogP contribution in [0.25, 0.3) is 0 Å². The van der Waals surface area contributed by atoms with Gasteiger partial charge in [0.2, 0.25) is 5.91 Å². The fourth-order valence-electron chi connectivity index (χ4n) is 9.20. The van der Waals surface area contributed by atoms with Crippen LogP contribution >= 0.6 is 0 Å². The summed E-state index contributed by atoms with van der Waals surface area (Å²) in [7, 11) is 0. The molecule has 454 valence electrons. The Morgan fingerprint density at radius 1 is 0.570 bits per heavy atom. The first-order valence-electron chi connectivity index (χ1n) is 27.5. The Labute approximate surface area is 467 Å². The Bertz CT molecular complexity index is 2060. The van der Waals surface area contributed by atoms with E-state index < -0.39 is 40.6 Å². The zero-order chi connectivity index (χ0) is 59.1.